The van der Waals surface area contributed by atoms with E-state index < -0.39 is 0 Å². The minimum absolute atomic E-state index is 0.290. The van der Waals surface area contributed by atoms with Crippen molar-refractivity contribution < 1.29 is 18.9 Å². The number of rotatable bonds is 9. The van der Waals surface area contributed by atoms with Gasteiger partial charge in [0.15, 0.2) is 0 Å². The molecule has 0 amide bonds. The lowest BCUT2D eigenvalue weighted by Gasteiger charge is -2.26. The molecule has 4 heterocycles. The molecule has 0 aliphatic carbocycles. The number of nitrogens with zero attached hydrogens (tertiary/aromatic N) is 3. The summed E-state index contributed by atoms with van der Waals surface area (Å²) in [7, 11) is 0. The van der Waals surface area contributed by atoms with Crippen LogP contribution in [0.4, 0.5) is 5.69 Å². The third kappa shape index (κ3) is 5.71. The van der Waals surface area contributed by atoms with Crippen LogP contribution in [0.5, 0.6) is 11.5 Å². The minimum Gasteiger partial charge on any atom is -0.492 e. The summed E-state index contributed by atoms with van der Waals surface area (Å²) in [5.41, 5.74) is 9.05. The molecule has 11 nitrogen and oxygen atoms in total. The molecule has 2 aliphatic heterocycles. The number of hydrogen-bond acceptors (Lipinski definition) is 9. The number of aromatic nitrogens is 3. The fourth-order valence-corrected chi connectivity index (χ4v) is 5.12. The van der Waals surface area contributed by atoms with Gasteiger partial charge >= 0.3 is 0 Å². The molecule has 0 saturated carbocycles. The maximum Gasteiger partial charge on any atom is 0.261 e. The van der Waals surface area contributed by atoms with Crippen molar-refractivity contribution in [1.82, 2.24) is 24.8 Å². The Labute approximate surface area is 225 Å². The van der Waals surface area contributed by atoms with Gasteiger partial charge in [0.1, 0.15) is 36.1 Å². The van der Waals surface area contributed by atoms with E-state index >= 15 is 0 Å². The Morgan fingerprint density at radius 3 is 2.28 bits per heavy atom. The number of imidazole rings is 1. The standard InChI is InChI=1S/C28H34N6O5/c29-26-24-21(2-1-3-23(24)39-17-11-34-8-14-37-15-9-34)32-28(35)25(26)27-30-20-5-4-19(18-22(20)31-27)38-16-10-33-6-12-36-13-7-33/h1-5,18H,6-17H2,(H,30,31)(H3,29,32,35). The molecular weight excluding hydrogens is 500 g/mol. The maximum atomic E-state index is 13.1. The number of H-pyrrole nitrogens is 2. The number of aromatic amines is 2. The summed E-state index contributed by atoms with van der Waals surface area (Å²) in [6, 6.07) is 11.2. The van der Waals surface area contributed by atoms with E-state index in [0.717, 1.165) is 82.5 Å². The molecule has 6 rings (SSSR count). The maximum absolute atomic E-state index is 13.1. The SMILES string of the molecule is Nc1c(-c2nc3ccc(OCCN4CCOCC4)cc3[nH]2)c(=O)[nH]c2cccc(OCCN3CCOCC3)c12. The van der Waals surface area contributed by atoms with Crippen LogP contribution in [0, 0.1) is 0 Å². The van der Waals surface area contributed by atoms with E-state index in [2.05, 4.69) is 24.8 Å². The van der Waals surface area contributed by atoms with Gasteiger partial charge in [-0.25, -0.2) is 4.98 Å². The van der Waals surface area contributed by atoms with Gasteiger partial charge in [-0.15, -0.1) is 0 Å². The molecule has 4 N–H and O–H groups in total. The van der Waals surface area contributed by atoms with E-state index in [0.29, 0.717) is 41.4 Å². The summed E-state index contributed by atoms with van der Waals surface area (Å²) in [5.74, 6) is 1.77. The van der Waals surface area contributed by atoms with Crippen molar-refractivity contribution in [2.45, 2.75) is 0 Å². The van der Waals surface area contributed by atoms with Gasteiger partial charge in [-0.2, -0.15) is 0 Å². The van der Waals surface area contributed by atoms with Crippen LogP contribution in [0.3, 0.4) is 0 Å². The van der Waals surface area contributed by atoms with Gasteiger partial charge in [-0.05, 0) is 24.3 Å². The lowest BCUT2D eigenvalue weighted by molar-refractivity contribution is 0.0322. The molecule has 2 aliphatic rings. The molecule has 2 fully saturated rings. The average molecular weight is 535 g/mol. The Kier molecular flexibility index (Phi) is 7.64. The fraction of sp³-hybridized carbons (Fsp3) is 0.429. The molecule has 0 bridgehead atoms. The summed E-state index contributed by atoms with van der Waals surface area (Å²) in [5, 5.41) is 0.668. The second-order valence-electron chi connectivity index (χ2n) is 9.79. The molecule has 0 unspecified atom stereocenters. The van der Waals surface area contributed by atoms with Crippen molar-refractivity contribution >= 4 is 27.6 Å². The predicted octanol–water partition coefficient (Wildman–Crippen LogP) is 2.08. The van der Waals surface area contributed by atoms with Crippen LogP contribution in [0.2, 0.25) is 0 Å². The smallest absolute Gasteiger partial charge is 0.261 e. The molecule has 0 atom stereocenters. The van der Waals surface area contributed by atoms with E-state index in [1.165, 1.54) is 0 Å². The first-order valence-corrected chi connectivity index (χ1v) is 13.5. The topological polar surface area (TPSA) is 131 Å². The number of pyridine rings is 1. The Morgan fingerprint density at radius 1 is 0.872 bits per heavy atom. The summed E-state index contributed by atoms with van der Waals surface area (Å²) in [4.78, 5) is 28.6. The zero-order chi connectivity index (χ0) is 26.6. The second-order valence-corrected chi connectivity index (χ2v) is 9.79. The molecule has 11 heteroatoms. The van der Waals surface area contributed by atoms with Crippen LogP contribution in [0.1, 0.15) is 0 Å². The number of morpholine rings is 2. The molecule has 2 aromatic heterocycles. The molecule has 0 spiro atoms. The van der Waals surface area contributed by atoms with Gasteiger partial charge in [0.2, 0.25) is 0 Å². The first-order valence-electron chi connectivity index (χ1n) is 13.5. The Balaban J connectivity index is 1.22. The first-order chi connectivity index (χ1) is 19.2. The van der Waals surface area contributed by atoms with Gasteiger partial charge in [0, 0.05) is 45.3 Å². The highest BCUT2D eigenvalue weighted by atomic mass is 16.5. The monoisotopic (exact) mass is 534 g/mol. The summed E-state index contributed by atoms with van der Waals surface area (Å²) < 4.78 is 22.9. The van der Waals surface area contributed by atoms with Crippen molar-refractivity contribution in [2.75, 3.05) is 84.6 Å². The predicted molar refractivity (Wildman–Crippen MR) is 150 cm³/mol. The minimum atomic E-state index is -0.313. The molecule has 2 saturated heterocycles. The number of nitrogens with two attached hydrogens (primary N) is 1. The number of ether oxygens (including phenoxy) is 4. The highest BCUT2D eigenvalue weighted by Gasteiger charge is 2.19. The fourth-order valence-electron chi connectivity index (χ4n) is 5.12. The molecule has 2 aromatic carbocycles. The van der Waals surface area contributed by atoms with Crippen LogP contribution in [0.25, 0.3) is 33.3 Å². The largest absolute Gasteiger partial charge is 0.492 e. The third-order valence-corrected chi connectivity index (χ3v) is 7.28. The van der Waals surface area contributed by atoms with Crippen LogP contribution in [-0.2, 0) is 9.47 Å². The third-order valence-electron chi connectivity index (χ3n) is 7.28. The first kappa shape index (κ1) is 25.6. The molecule has 4 aromatic rings. The van der Waals surface area contributed by atoms with E-state index in [-0.39, 0.29) is 11.1 Å². The lowest BCUT2D eigenvalue weighted by Crippen LogP contribution is -2.38. The van der Waals surface area contributed by atoms with Crippen molar-refractivity contribution in [3.8, 4) is 22.9 Å². The van der Waals surface area contributed by atoms with Crippen LogP contribution in [0.15, 0.2) is 41.2 Å². The van der Waals surface area contributed by atoms with Gasteiger partial charge in [-0.3, -0.25) is 14.6 Å². The number of fused-ring (bicyclic) bond motifs is 2. The number of hydrogen-bond donors (Lipinski definition) is 3. The van der Waals surface area contributed by atoms with E-state index in [1.807, 2.05) is 36.4 Å². The lowest BCUT2D eigenvalue weighted by atomic mass is 10.1. The van der Waals surface area contributed by atoms with Gasteiger partial charge in [-0.1, -0.05) is 6.07 Å². The van der Waals surface area contributed by atoms with Crippen molar-refractivity contribution in [3.05, 3.63) is 46.8 Å². The van der Waals surface area contributed by atoms with Gasteiger partial charge in [0.05, 0.1) is 54.1 Å². The van der Waals surface area contributed by atoms with Crippen molar-refractivity contribution in [1.29, 1.82) is 0 Å². The Morgan fingerprint density at radius 2 is 1.56 bits per heavy atom. The quantitative estimate of drug-likeness (QED) is 0.295. The van der Waals surface area contributed by atoms with Crippen LogP contribution < -0.4 is 20.8 Å². The number of benzene rings is 2. The van der Waals surface area contributed by atoms with Crippen LogP contribution >= 0.6 is 0 Å². The normalized spacial score (nSPS) is 17.1. The summed E-state index contributed by atoms with van der Waals surface area (Å²) in [6.45, 7) is 9.37. The second kappa shape index (κ2) is 11.6. The molecule has 206 valence electrons. The Bertz CT molecular complexity index is 1490. The highest BCUT2D eigenvalue weighted by Crippen LogP contribution is 2.34. The molecule has 0 radical (unpaired) electrons. The zero-order valence-corrected chi connectivity index (χ0v) is 21.9. The van der Waals surface area contributed by atoms with Crippen molar-refractivity contribution in [3.63, 3.8) is 0 Å². The van der Waals surface area contributed by atoms with Crippen LogP contribution in [-0.4, -0.2) is 104 Å². The average Bonchev–Trinajstić information content (AvgIpc) is 3.37. The number of nitrogens with one attached hydrogen (secondary N) is 2. The molecular formula is C28H34N6O5. The van der Waals surface area contributed by atoms with E-state index in [1.54, 1.807) is 0 Å². The zero-order valence-electron chi connectivity index (χ0n) is 21.9. The summed E-state index contributed by atoms with van der Waals surface area (Å²) in [6.07, 6.45) is 0. The highest BCUT2D eigenvalue weighted by molar-refractivity contribution is 6.01. The van der Waals surface area contributed by atoms with E-state index in [9.17, 15) is 4.79 Å². The number of anilines is 1. The van der Waals surface area contributed by atoms with Gasteiger partial charge in [0.25, 0.3) is 5.56 Å². The van der Waals surface area contributed by atoms with Crippen molar-refractivity contribution in [2.24, 2.45) is 0 Å². The van der Waals surface area contributed by atoms with E-state index in [4.69, 9.17) is 24.7 Å². The number of nitrogen functional groups attached to an aromatic ring is 1. The molecule has 39 heavy (non-hydrogen) atoms. The van der Waals surface area contributed by atoms with Gasteiger partial charge < -0.3 is 34.6 Å². The summed E-state index contributed by atoms with van der Waals surface area (Å²) >= 11 is 0. The Hall–Kier alpha value is -3.64.